The molecule has 0 N–H and O–H groups in total. The van der Waals surface area contributed by atoms with Crippen molar-refractivity contribution < 1.29 is 0 Å². The molecule has 0 fully saturated rings. The Morgan fingerprint density at radius 1 is 1.50 bits per heavy atom. The third-order valence-electron chi connectivity index (χ3n) is 2.37. The standard InChI is InChI=1S/C10H14BrN5/c1-7(11)6-15(3)9-10-14-13-8(2)16(10)5-4-12-9/h4-5,7H,6H2,1-3H3. The van der Waals surface area contributed by atoms with E-state index < -0.39 is 0 Å². The van der Waals surface area contributed by atoms with Crippen LogP contribution in [0, 0.1) is 6.92 Å². The molecule has 0 spiro atoms. The molecule has 2 rings (SSSR count). The predicted octanol–water partition coefficient (Wildman–Crippen LogP) is 1.65. The predicted molar refractivity (Wildman–Crippen MR) is 67.2 cm³/mol. The molecule has 2 aromatic rings. The van der Waals surface area contributed by atoms with Crippen molar-refractivity contribution in [3.05, 3.63) is 18.2 Å². The normalized spacial score (nSPS) is 13.0. The van der Waals surface area contributed by atoms with Crippen molar-refractivity contribution >= 4 is 27.4 Å². The molecule has 2 aromatic heterocycles. The first-order valence-electron chi connectivity index (χ1n) is 5.11. The molecule has 16 heavy (non-hydrogen) atoms. The van der Waals surface area contributed by atoms with Gasteiger partial charge in [-0.15, -0.1) is 10.2 Å². The Bertz CT molecular complexity index is 493. The molecule has 0 bridgehead atoms. The topological polar surface area (TPSA) is 46.3 Å². The second-order valence-corrected chi connectivity index (χ2v) is 5.42. The van der Waals surface area contributed by atoms with E-state index in [9.17, 15) is 0 Å². The zero-order valence-electron chi connectivity index (χ0n) is 9.55. The van der Waals surface area contributed by atoms with Gasteiger partial charge in [-0.25, -0.2) is 4.98 Å². The van der Waals surface area contributed by atoms with E-state index in [0.717, 1.165) is 23.8 Å². The summed E-state index contributed by atoms with van der Waals surface area (Å²) in [6.45, 7) is 4.90. The number of rotatable bonds is 3. The van der Waals surface area contributed by atoms with Crippen LogP contribution in [0.3, 0.4) is 0 Å². The summed E-state index contributed by atoms with van der Waals surface area (Å²) in [5.74, 6) is 1.73. The van der Waals surface area contributed by atoms with E-state index in [2.05, 4.69) is 42.9 Å². The molecule has 1 unspecified atom stereocenters. The maximum atomic E-state index is 4.35. The van der Waals surface area contributed by atoms with Gasteiger partial charge < -0.3 is 4.90 Å². The molecule has 6 heteroatoms. The van der Waals surface area contributed by atoms with Gasteiger partial charge in [0.25, 0.3) is 0 Å². The number of nitrogens with zero attached hydrogens (tertiary/aromatic N) is 5. The molecular formula is C10H14BrN5. The maximum absolute atomic E-state index is 4.35. The largest absolute Gasteiger partial charge is 0.355 e. The average Bonchev–Trinajstić information content (AvgIpc) is 2.59. The van der Waals surface area contributed by atoms with Crippen molar-refractivity contribution in [2.24, 2.45) is 0 Å². The van der Waals surface area contributed by atoms with E-state index in [1.165, 1.54) is 0 Å². The summed E-state index contributed by atoms with van der Waals surface area (Å²) in [6.07, 6.45) is 3.65. The van der Waals surface area contributed by atoms with Gasteiger partial charge in [-0.05, 0) is 6.92 Å². The summed E-state index contributed by atoms with van der Waals surface area (Å²) < 4.78 is 1.94. The van der Waals surface area contributed by atoms with Crippen LogP contribution in [0.4, 0.5) is 5.82 Å². The van der Waals surface area contributed by atoms with Gasteiger partial charge in [0.2, 0.25) is 5.65 Å². The lowest BCUT2D eigenvalue weighted by molar-refractivity contribution is 0.856. The van der Waals surface area contributed by atoms with Crippen LogP contribution in [0.15, 0.2) is 12.4 Å². The van der Waals surface area contributed by atoms with Gasteiger partial charge in [-0.3, -0.25) is 4.40 Å². The summed E-state index contributed by atoms with van der Waals surface area (Å²) in [4.78, 5) is 6.83. The molecule has 0 saturated heterocycles. The highest BCUT2D eigenvalue weighted by atomic mass is 79.9. The van der Waals surface area contributed by atoms with Crippen molar-refractivity contribution in [3.63, 3.8) is 0 Å². The van der Waals surface area contributed by atoms with Crippen LogP contribution in [0.1, 0.15) is 12.7 Å². The van der Waals surface area contributed by atoms with Crippen molar-refractivity contribution in [2.75, 3.05) is 18.5 Å². The fourth-order valence-electron chi connectivity index (χ4n) is 1.66. The third-order valence-corrected chi connectivity index (χ3v) is 2.66. The van der Waals surface area contributed by atoms with E-state index in [1.54, 1.807) is 6.20 Å². The number of alkyl halides is 1. The fraction of sp³-hybridized carbons (Fsp3) is 0.500. The lowest BCUT2D eigenvalue weighted by Crippen LogP contribution is -2.25. The third kappa shape index (κ3) is 2.02. The summed E-state index contributed by atoms with van der Waals surface area (Å²) in [5.41, 5.74) is 0.802. The van der Waals surface area contributed by atoms with E-state index in [4.69, 9.17) is 0 Å². The van der Waals surface area contributed by atoms with Crippen molar-refractivity contribution in [2.45, 2.75) is 18.7 Å². The lowest BCUT2D eigenvalue weighted by Gasteiger charge is -2.19. The Kier molecular flexibility index (Phi) is 3.09. The van der Waals surface area contributed by atoms with Gasteiger partial charge in [-0.2, -0.15) is 0 Å². The molecule has 5 nitrogen and oxygen atoms in total. The van der Waals surface area contributed by atoms with Crippen LogP contribution in [0.25, 0.3) is 5.65 Å². The zero-order valence-corrected chi connectivity index (χ0v) is 11.1. The van der Waals surface area contributed by atoms with Crippen molar-refractivity contribution in [3.8, 4) is 0 Å². The molecule has 0 aromatic carbocycles. The highest BCUT2D eigenvalue weighted by Gasteiger charge is 2.12. The number of fused-ring (bicyclic) bond motifs is 1. The fourth-order valence-corrected chi connectivity index (χ4v) is 2.10. The highest BCUT2D eigenvalue weighted by Crippen LogP contribution is 2.17. The van der Waals surface area contributed by atoms with Crippen LogP contribution in [0.2, 0.25) is 0 Å². The van der Waals surface area contributed by atoms with E-state index in [1.807, 2.05) is 24.6 Å². The van der Waals surface area contributed by atoms with E-state index in [-0.39, 0.29) is 0 Å². The van der Waals surface area contributed by atoms with Crippen LogP contribution in [-0.2, 0) is 0 Å². The van der Waals surface area contributed by atoms with Crippen molar-refractivity contribution in [1.82, 2.24) is 19.6 Å². The van der Waals surface area contributed by atoms with Gasteiger partial charge in [0.05, 0.1) is 0 Å². The quantitative estimate of drug-likeness (QED) is 0.804. The Hall–Kier alpha value is -1.17. The smallest absolute Gasteiger partial charge is 0.203 e. The van der Waals surface area contributed by atoms with Crippen LogP contribution in [0.5, 0.6) is 0 Å². The Labute approximate surface area is 103 Å². The van der Waals surface area contributed by atoms with Crippen LogP contribution in [-0.4, -0.2) is 38.0 Å². The molecule has 0 aliphatic heterocycles. The molecule has 1 atom stereocenters. The van der Waals surface area contributed by atoms with Gasteiger partial charge in [0.1, 0.15) is 5.82 Å². The molecule has 0 aliphatic rings. The first kappa shape index (κ1) is 11.3. The maximum Gasteiger partial charge on any atom is 0.203 e. The SMILES string of the molecule is Cc1nnc2c(N(C)CC(C)Br)nccn12. The molecule has 0 radical (unpaired) electrons. The highest BCUT2D eigenvalue weighted by molar-refractivity contribution is 9.09. The molecule has 0 saturated carbocycles. The van der Waals surface area contributed by atoms with Crippen LogP contribution < -0.4 is 4.90 Å². The van der Waals surface area contributed by atoms with E-state index >= 15 is 0 Å². The summed E-state index contributed by atoms with van der Waals surface area (Å²) >= 11 is 3.53. The molecule has 0 aliphatic carbocycles. The summed E-state index contributed by atoms with van der Waals surface area (Å²) in [7, 11) is 2.00. The Morgan fingerprint density at radius 2 is 2.25 bits per heavy atom. The monoisotopic (exact) mass is 283 g/mol. The van der Waals surface area contributed by atoms with Gasteiger partial charge >= 0.3 is 0 Å². The number of hydrogen-bond acceptors (Lipinski definition) is 4. The Balaban J connectivity index is 2.44. The number of aromatic nitrogens is 4. The van der Waals surface area contributed by atoms with Gasteiger partial charge in [0.15, 0.2) is 5.82 Å². The number of anilines is 1. The van der Waals surface area contributed by atoms with Crippen molar-refractivity contribution in [1.29, 1.82) is 0 Å². The number of hydrogen-bond donors (Lipinski definition) is 0. The van der Waals surface area contributed by atoms with Crippen LogP contribution >= 0.6 is 15.9 Å². The lowest BCUT2D eigenvalue weighted by atomic mass is 10.4. The molecular weight excluding hydrogens is 270 g/mol. The first-order valence-corrected chi connectivity index (χ1v) is 6.02. The molecule has 2 heterocycles. The summed E-state index contributed by atoms with van der Waals surface area (Å²) in [5, 5.41) is 8.19. The second-order valence-electron chi connectivity index (χ2n) is 3.85. The number of aryl methyl sites for hydroxylation is 1. The Morgan fingerprint density at radius 3 is 2.94 bits per heavy atom. The second kappa shape index (κ2) is 4.37. The van der Waals surface area contributed by atoms with Gasteiger partial charge in [0, 0.05) is 30.8 Å². The zero-order chi connectivity index (χ0) is 11.7. The minimum atomic E-state index is 0.406. The minimum absolute atomic E-state index is 0.406. The molecule has 86 valence electrons. The van der Waals surface area contributed by atoms with E-state index in [0.29, 0.717) is 4.83 Å². The number of halogens is 1. The van der Waals surface area contributed by atoms with Gasteiger partial charge in [-0.1, -0.05) is 22.9 Å². The minimum Gasteiger partial charge on any atom is -0.355 e. The summed E-state index contributed by atoms with van der Waals surface area (Å²) in [6, 6.07) is 0. The average molecular weight is 284 g/mol. The molecule has 0 amide bonds. The first-order chi connectivity index (χ1) is 7.59.